The first kappa shape index (κ1) is 15.0. The lowest BCUT2D eigenvalue weighted by Gasteiger charge is -2.25. The molecule has 0 aliphatic rings. The predicted octanol–water partition coefficient (Wildman–Crippen LogP) is 3.38. The third-order valence-electron chi connectivity index (χ3n) is 3.27. The van der Waals surface area contributed by atoms with Gasteiger partial charge in [-0.2, -0.15) is 0 Å². The van der Waals surface area contributed by atoms with E-state index in [0.29, 0.717) is 12.1 Å². The Morgan fingerprint density at radius 1 is 1.14 bits per heavy atom. The van der Waals surface area contributed by atoms with Gasteiger partial charge < -0.3 is 10.2 Å². The minimum absolute atomic E-state index is 0.0278. The van der Waals surface area contributed by atoms with E-state index >= 15 is 0 Å². The van der Waals surface area contributed by atoms with Gasteiger partial charge in [-0.25, -0.2) is 0 Å². The van der Waals surface area contributed by atoms with Gasteiger partial charge in [-0.3, -0.25) is 9.78 Å². The monoisotopic (exact) mass is 283 g/mol. The Balaban J connectivity index is 2.36. The predicted molar refractivity (Wildman–Crippen MR) is 86.0 cm³/mol. The molecule has 1 N–H and O–H groups in total. The maximum Gasteiger partial charge on any atom is 0.253 e. The molecule has 4 nitrogen and oxygen atoms in total. The summed E-state index contributed by atoms with van der Waals surface area (Å²) in [4.78, 5) is 18.5. The van der Waals surface area contributed by atoms with E-state index in [1.807, 2.05) is 43.3 Å². The molecule has 0 aliphatic carbocycles. The van der Waals surface area contributed by atoms with Crippen molar-refractivity contribution in [2.24, 2.45) is 0 Å². The lowest BCUT2D eigenvalue weighted by Crippen LogP contribution is -2.27. The Bertz CT molecular complexity index is 584. The molecule has 1 amide bonds. The van der Waals surface area contributed by atoms with Gasteiger partial charge in [0.15, 0.2) is 0 Å². The Labute approximate surface area is 125 Å². The van der Waals surface area contributed by atoms with Crippen LogP contribution in [-0.2, 0) is 0 Å². The Morgan fingerprint density at radius 2 is 1.86 bits per heavy atom. The van der Waals surface area contributed by atoms with Crippen LogP contribution in [0, 0.1) is 0 Å². The van der Waals surface area contributed by atoms with E-state index in [0.717, 1.165) is 24.3 Å². The summed E-state index contributed by atoms with van der Waals surface area (Å²) in [7, 11) is 0. The summed E-state index contributed by atoms with van der Waals surface area (Å²) < 4.78 is 0. The second-order valence-electron chi connectivity index (χ2n) is 4.72. The van der Waals surface area contributed by atoms with Crippen LogP contribution >= 0.6 is 0 Å². The molecule has 1 aromatic heterocycles. The van der Waals surface area contributed by atoms with Crippen LogP contribution in [-0.4, -0.2) is 24.0 Å². The number of carbonyl (C=O) groups is 1. The molecule has 0 radical (unpaired) electrons. The molecule has 0 atom stereocenters. The molecule has 21 heavy (non-hydrogen) atoms. The molecule has 1 aromatic carbocycles. The Kier molecular flexibility index (Phi) is 5.32. The van der Waals surface area contributed by atoms with Crippen LogP contribution < -0.4 is 10.2 Å². The second-order valence-corrected chi connectivity index (χ2v) is 4.72. The number of para-hydroxylation sites is 1. The highest BCUT2D eigenvalue weighted by atomic mass is 16.1. The topological polar surface area (TPSA) is 45.2 Å². The number of hydrogen-bond donors (Lipinski definition) is 1. The summed E-state index contributed by atoms with van der Waals surface area (Å²) in [6, 6.07) is 11.6. The summed E-state index contributed by atoms with van der Waals surface area (Å²) in [5, 5.41) is 2.94. The highest BCUT2D eigenvalue weighted by Crippen LogP contribution is 2.27. The van der Waals surface area contributed by atoms with Crippen molar-refractivity contribution < 1.29 is 4.79 Å². The zero-order valence-electron chi connectivity index (χ0n) is 12.5. The third kappa shape index (κ3) is 3.60. The molecule has 0 saturated carbocycles. The largest absolute Gasteiger partial charge is 0.352 e. The van der Waals surface area contributed by atoms with Gasteiger partial charge >= 0.3 is 0 Å². The molecule has 110 valence electrons. The normalized spacial score (nSPS) is 10.2. The lowest BCUT2D eigenvalue weighted by atomic mass is 10.1. The van der Waals surface area contributed by atoms with Gasteiger partial charge in [0.1, 0.15) is 0 Å². The molecule has 4 heteroatoms. The smallest absolute Gasteiger partial charge is 0.253 e. The number of benzene rings is 1. The lowest BCUT2D eigenvalue weighted by molar-refractivity contribution is 0.0954. The third-order valence-corrected chi connectivity index (χ3v) is 3.27. The van der Waals surface area contributed by atoms with E-state index in [1.165, 1.54) is 0 Å². The fraction of sp³-hybridized carbons (Fsp3) is 0.294. The second kappa shape index (κ2) is 7.43. The molecule has 2 aromatic rings. The molecule has 1 heterocycles. The first-order valence-electron chi connectivity index (χ1n) is 7.32. The summed E-state index contributed by atoms with van der Waals surface area (Å²) in [5.41, 5.74) is 2.65. The highest BCUT2D eigenvalue weighted by molar-refractivity contribution is 6.00. The van der Waals surface area contributed by atoms with Gasteiger partial charge in [0.2, 0.25) is 0 Å². The van der Waals surface area contributed by atoms with Gasteiger partial charge in [0.25, 0.3) is 5.91 Å². The van der Waals surface area contributed by atoms with E-state index in [1.54, 1.807) is 12.4 Å². The minimum Gasteiger partial charge on any atom is -0.352 e. The molecule has 0 spiro atoms. The summed E-state index contributed by atoms with van der Waals surface area (Å²) in [5.74, 6) is -0.0278. The Morgan fingerprint density at radius 3 is 2.52 bits per heavy atom. The van der Waals surface area contributed by atoms with E-state index in [-0.39, 0.29) is 5.91 Å². The summed E-state index contributed by atoms with van der Waals surface area (Å²) >= 11 is 0. The van der Waals surface area contributed by atoms with Gasteiger partial charge in [-0.1, -0.05) is 19.1 Å². The number of pyridine rings is 1. The van der Waals surface area contributed by atoms with Crippen LogP contribution in [0.3, 0.4) is 0 Å². The molecular formula is C17H21N3O. The highest BCUT2D eigenvalue weighted by Gasteiger charge is 2.16. The van der Waals surface area contributed by atoms with Gasteiger partial charge in [-0.05, 0) is 37.6 Å². The van der Waals surface area contributed by atoms with Gasteiger partial charge in [-0.15, -0.1) is 0 Å². The van der Waals surface area contributed by atoms with Crippen LogP contribution in [0.5, 0.6) is 0 Å². The average Bonchev–Trinajstić information content (AvgIpc) is 2.55. The van der Waals surface area contributed by atoms with Crippen LogP contribution in [0.4, 0.5) is 11.4 Å². The molecule has 0 bridgehead atoms. The number of hydrogen-bond acceptors (Lipinski definition) is 3. The number of nitrogens with one attached hydrogen (secondary N) is 1. The fourth-order valence-corrected chi connectivity index (χ4v) is 2.25. The van der Waals surface area contributed by atoms with Crippen LogP contribution in [0.15, 0.2) is 48.8 Å². The number of amides is 1. The summed E-state index contributed by atoms with van der Waals surface area (Å²) in [6.45, 7) is 5.58. The van der Waals surface area contributed by atoms with Crippen LogP contribution in [0.1, 0.15) is 30.6 Å². The quantitative estimate of drug-likeness (QED) is 0.884. The van der Waals surface area contributed by atoms with Crippen molar-refractivity contribution in [3.05, 3.63) is 54.4 Å². The molecule has 2 rings (SSSR count). The first-order chi connectivity index (χ1) is 10.3. The van der Waals surface area contributed by atoms with Crippen molar-refractivity contribution in [3.63, 3.8) is 0 Å². The maximum atomic E-state index is 12.3. The number of anilines is 2. The van der Waals surface area contributed by atoms with Gasteiger partial charge in [0.05, 0.1) is 11.3 Å². The number of aromatic nitrogens is 1. The van der Waals surface area contributed by atoms with E-state index in [9.17, 15) is 4.79 Å². The van der Waals surface area contributed by atoms with E-state index in [4.69, 9.17) is 0 Å². The zero-order chi connectivity index (χ0) is 15.1. The number of nitrogens with zero attached hydrogens (tertiary/aromatic N) is 2. The fourth-order valence-electron chi connectivity index (χ4n) is 2.25. The van der Waals surface area contributed by atoms with E-state index in [2.05, 4.69) is 22.1 Å². The number of rotatable bonds is 6. The molecule has 0 saturated heterocycles. The van der Waals surface area contributed by atoms with E-state index < -0.39 is 0 Å². The van der Waals surface area contributed by atoms with Crippen molar-refractivity contribution in [1.29, 1.82) is 0 Å². The minimum atomic E-state index is -0.0278. The molecule has 0 aliphatic heterocycles. The SMILES string of the molecule is CCCNC(=O)c1ccccc1N(CC)c1ccncc1. The molecular weight excluding hydrogens is 262 g/mol. The average molecular weight is 283 g/mol. The maximum absolute atomic E-state index is 12.3. The van der Waals surface area contributed by atoms with Crippen LogP contribution in [0.25, 0.3) is 0 Å². The molecule has 0 unspecified atom stereocenters. The standard InChI is InChI=1S/C17H21N3O/c1-3-11-19-17(21)15-7-5-6-8-16(15)20(4-2)14-9-12-18-13-10-14/h5-10,12-13H,3-4,11H2,1-2H3,(H,19,21). The van der Waals surface area contributed by atoms with Crippen molar-refractivity contribution in [3.8, 4) is 0 Å². The zero-order valence-corrected chi connectivity index (χ0v) is 12.5. The van der Waals surface area contributed by atoms with Gasteiger partial charge in [0, 0.05) is 31.2 Å². The van der Waals surface area contributed by atoms with Crippen molar-refractivity contribution in [2.75, 3.05) is 18.0 Å². The van der Waals surface area contributed by atoms with Crippen molar-refractivity contribution in [2.45, 2.75) is 20.3 Å². The van der Waals surface area contributed by atoms with Crippen molar-refractivity contribution >= 4 is 17.3 Å². The molecule has 0 fully saturated rings. The van der Waals surface area contributed by atoms with Crippen molar-refractivity contribution in [1.82, 2.24) is 10.3 Å². The summed E-state index contributed by atoms with van der Waals surface area (Å²) in [6.07, 6.45) is 4.45. The first-order valence-corrected chi connectivity index (χ1v) is 7.32. The van der Waals surface area contributed by atoms with Crippen LogP contribution in [0.2, 0.25) is 0 Å². The number of carbonyl (C=O) groups excluding carboxylic acids is 1. The Hall–Kier alpha value is -2.36.